The van der Waals surface area contributed by atoms with Gasteiger partial charge in [0, 0.05) is 30.0 Å². The van der Waals surface area contributed by atoms with Crippen molar-refractivity contribution in [3.63, 3.8) is 0 Å². The lowest BCUT2D eigenvalue weighted by molar-refractivity contribution is -0.135. The van der Waals surface area contributed by atoms with Crippen molar-refractivity contribution in [3.8, 4) is 0 Å². The molecule has 0 fully saturated rings. The molecule has 2 rings (SSSR count). The molecule has 4 heteroatoms. The molecular formula is C18H29N3O. The van der Waals surface area contributed by atoms with Gasteiger partial charge in [-0.05, 0) is 65.2 Å². The summed E-state index contributed by atoms with van der Waals surface area (Å²) >= 11 is 0. The van der Waals surface area contributed by atoms with Crippen LogP contribution in [0.3, 0.4) is 0 Å². The van der Waals surface area contributed by atoms with Gasteiger partial charge in [0.05, 0.1) is 0 Å². The summed E-state index contributed by atoms with van der Waals surface area (Å²) in [7, 11) is 0. The van der Waals surface area contributed by atoms with E-state index in [-0.39, 0.29) is 24.0 Å². The predicted molar refractivity (Wildman–Crippen MR) is 93.1 cm³/mol. The Morgan fingerprint density at radius 2 is 1.82 bits per heavy atom. The first-order chi connectivity index (χ1) is 10.3. The maximum Gasteiger partial charge on any atom is 0.245 e. The zero-order valence-electron chi connectivity index (χ0n) is 14.5. The van der Waals surface area contributed by atoms with Gasteiger partial charge in [-0.1, -0.05) is 6.07 Å². The average molecular weight is 303 g/mol. The van der Waals surface area contributed by atoms with Crippen LogP contribution in [-0.4, -0.2) is 35.5 Å². The molecule has 4 nitrogen and oxygen atoms in total. The summed E-state index contributed by atoms with van der Waals surface area (Å²) in [6, 6.07) is 6.27. The molecule has 22 heavy (non-hydrogen) atoms. The lowest BCUT2D eigenvalue weighted by Gasteiger charge is -2.40. The topological polar surface area (TPSA) is 49.6 Å². The van der Waals surface area contributed by atoms with Gasteiger partial charge in [0.25, 0.3) is 0 Å². The smallest absolute Gasteiger partial charge is 0.245 e. The molecule has 0 bridgehead atoms. The number of nitrogen functional groups attached to an aromatic ring is 1. The van der Waals surface area contributed by atoms with E-state index in [1.54, 1.807) is 0 Å². The van der Waals surface area contributed by atoms with E-state index >= 15 is 0 Å². The molecule has 122 valence electrons. The zero-order chi connectivity index (χ0) is 16.4. The number of benzene rings is 1. The van der Waals surface area contributed by atoms with E-state index in [0.717, 1.165) is 30.8 Å². The zero-order valence-corrected chi connectivity index (χ0v) is 14.5. The van der Waals surface area contributed by atoms with Crippen LogP contribution in [0.25, 0.3) is 0 Å². The molecule has 1 aliphatic rings. The maximum atomic E-state index is 13.0. The molecule has 1 aromatic carbocycles. The fourth-order valence-electron chi connectivity index (χ4n) is 3.54. The Bertz CT molecular complexity index is 531. The first kappa shape index (κ1) is 16.7. The fraction of sp³-hybridized carbons (Fsp3) is 0.611. The fourth-order valence-corrected chi connectivity index (χ4v) is 3.54. The summed E-state index contributed by atoms with van der Waals surface area (Å²) in [5.41, 5.74) is 9.27. The summed E-state index contributed by atoms with van der Waals surface area (Å²) in [6.07, 6.45) is 2.04. The average Bonchev–Trinajstić information content (AvgIpc) is 2.45. The summed E-state index contributed by atoms with van der Waals surface area (Å²) in [4.78, 5) is 17.2. The molecule has 1 unspecified atom stereocenters. The third-order valence-electron chi connectivity index (χ3n) is 4.51. The Hall–Kier alpha value is -1.71. The highest BCUT2D eigenvalue weighted by atomic mass is 16.2. The predicted octanol–water partition coefficient (Wildman–Crippen LogP) is 3.06. The van der Waals surface area contributed by atoms with Gasteiger partial charge in [-0.2, -0.15) is 0 Å². The third kappa shape index (κ3) is 3.06. The van der Waals surface area contributed by atoms with Gasteiger partial charge in [0.15, 0.2) is 0 Å². The molecule has 0 radical (unpaired) electrons. The molecule has 2 N–H and O–H groups in total. The van der Waals surface area contributed by atoms with Crippen LogP contribution in [0.5, 0.6) is 0 Å². The second-order valence-corrected chi connectivity index (χ2v) is 6.75. The van der Waals surface area contributed by atoms with Gasteiger partial charge >= 0.3 is 0 Å². The van der Waals surface area contributed by atoms with E-state index < -0.39 is 0 Å². The summed E-state index contributed by atoms with van der Waals surface area (Å²) in [5.74, 6) is 0.195. The van der Waals surface area contributed by atoms with E-state index in [2.05, 4.69) is 38.7 Å². The van der Waals surface area contributed by atoms with Gasteiger partial charge in [-0.15, -0.1) is 0 Å². The van der Waals surface area contributed by atoms with Crippen molar-refractivity contribution in [2.24, 2.45) is 0 Å². The third-order valence-corrected chi connectivity index (χ3v) is 4.51. The number of carbonyl (C=O) groups excluding carboxylic acids is 1. The first-order valence-electron chi connectivity index (χ1n) is 8.30. The number of nitrogens with two attached hydrogens (primary N) is 1. The van der Waals surface area contributed by atoms with Crippen LogP contribution >= 0.6 is 0 Å². The van der Waals surface area contributed by atoms with E-state index in [9.17, 15) is 4.79 Å². The van der Waals surface area contributed by atoms with Crippen molar-refractivity contribution in [3.05, 3.63) is 23.8 Å². The molecule has 1 atom stereocenters. The minimum Gasteiger partial charge on any atom is -0.398 e. The minimum absolute atomic E-state index is 0.161. The Kier molecular flexibility index (Phi) is 4.99. The molecule has 1 amide bonds. The van der Waals surface area contributed by atoms with Gasteiger partial charge in [0.2, 0.25) is 5.91 Å². The Morgan fingerprint density at radius 1 is 1.18 bits per heavy atom. The lowest BCUT2D eigenvalue weighted by atomic mass is 9.98. The normalized spacial score (nSPS) is 15.9. The summed E-state index contributed by atoms with van der Waals surface area (Å²) in [5, 5.41) is 0. The quantitative estimate of drug-likeness (QED) is 0.870. The van der Waals surface area contributed by atoms with Crippen LogP contribution in [-0.2, 0) is 11.2 Å². The van der Waals surface area contributed by atoms with Gasteiger partial charge in [-0.3, -0.25) is 4.79 Å². The van der Waals surface area contributed by atoms with Crippen LogP contribution < -0.4 is 10.6 Å². The molecule has 0 saturated carbocycles. The molecule has 1 aromatic rings. The Labute approximate surface area is 134 Å². The summed E-state index contributed by atoms with van der Waals surface area (Å²) in [6.45, 7) is 11.2. The number of nitrogens with zero attached hydrogens (tertiary/aromatic N) is 2. The van der Waals surface area contributed by atoms with Gasteiger partial charge in [0.1, 0.15) is 6.04 Å². The highest BCUT2D eigenvalue weighted by Gasteiger charge is 2.31. The van der Waals surface area contributed by atoms with Crippen LogP contribution in [0.2, 0.25) is 0 Å². The van der Waals surface area contributed by atoms with Crippen molar-refractivity contribution in [1.82, 2.24) is 4.90 Å². The highest BCUT2D eigenvalue weighted by Crippen LogP contribution is 2.33. The van der Waals surface area contributed by atoms with Crippen LogP contribution in [0, 0.1) is 0 Å². The Balaban J connectivity index is 2.29. The van der Waals surface area contributed by atoms with E-state index in [0.29, 0.717) is 0 Å². The number of rotatable bonds is 4. The number of hydrogen-bond donors (Lipinski definition) is 1. The van der Waals surface area contributed by atoms with Crippen LogP contribution in [0.4, 0.5) is 11.4 Å². The Morgan fingerprint density at radius 3 is 2.41 bits per heavy atom. The first-order valence-corrected chi connectivity index (χ1v) is 8.30. The van der Waals surface area contributed by atoms with Crippen molar-refractivity contribution >= 4 is 17.3 Å². The monoisotopic (exact) mass is 303 g/mol. The number of amides is 1. The second-order valence-electron chi connectivity index (χ2n) is 6.75. The van der Waals surface area contributed by atoms with Crippen molar-refractivity contribution in [2.75, 3.05) is 17.2 Å². The largest absolute Gasteiger partial charge is 0.398 e. The number of carbonyl (C=O) groups is 1. The molecule has 1 aliphatic heterocycles. The number of hydrogen-bond acceptors (Lipinski definition) is 3. The lowest BCUT2D eigenvalue weighted by Crippen LogP contribution is -2.53. The number of anilines is 2. The van der Waals surface area contributed by atoms with Crippen molar-refractivity contribution < 1.29 is 4.79 Å². The minimum atomic E-state index is -0.161. The van der Waals surface area contributed by atoms with E-state index in [4.69, 9.17) is 5.73 Å². The number of fused-ring (bicyclic) bond motifs is 1. The van der Waals surface area contributed by atoms with E-state index in [1.165, 1.54) is 5.56 Å². The molecule has 0 aliphatic carbocycles. The highest BCUT2D eigenvalue weighted by molar-refractivity contribution is 5.86. The molecule has 1 heterocycles. The maximum absolute atomic E-state index is 13.0. The molecule has 0 saturated heterocycles. The molecule has 0 aromatic heterocycles. The van der Waals surface area contributed by atoms with Gasteiger partial charge < -0.3 is 15.5 Å². The van der Waals surface area contributed by atoms with Crippen LogP contribution in [0.1, 0.15) is 46.6 Å². The van der Waals surface area contributed by atoms with Crippen LogP contribution in [0.15, 0.2) is 18.2 Å². The summed E-state index contributed by atoms with van der Waals surface area (Å²) < 4.78 is 0. The molecule has 0 spiro atoms. The van der Waals surface area contributed by atoms with Gasteiger partial charge in [-0.25, -0.2) is 0 Å². The van der Waals surface area contributed by atoms with E-state index in [1.807, 2.05) is 24.0 Å². The van der Waals surface area contributed by atoms with Crippen molar-refractivity contribution in [2.45, 2.75) is 65.6 Å². The second kappa shape index (κ2) is 6.59. The molecular weight excluding hydrogens is 274 g/mol. The van der Waals surface area contributed by atoms with Crippen molar-refractivity contribution in [1.29, 1.82) is 0 Å². The standard InChI is InChI=1S/C18H29N3O/c1-12(2)21(13(3)4)18(22)14(5)20-11-7-8-15-16(19)9-6-10-17(15)20/h6,9-10,12-14H,7-8,11,19H2,1-5H3. The SMILES string of the molecule is CC(C(=O)N(C(C)C)C(C)C)N1CCCc2c(N)cccc21.